The fourth-order valence-corrected chi connectivity index (χ4v) is 0.745. The van der Waals surface area contributed by atoms with E-state index >= 15 is 0 Å². The van der Waals surface area contributed by atoms with Gasteiger partial charge in [0.2, 0.25) is 0 Å². The molecule has 3 heteroatoms. The molecule has 1 aliphatic heterocycles. The SMILES string of the molecule is NCCCC1=NCN=C1. The Labute approximate surface area is 54.7 Å². The van der Waals surface area contributed by atoms with Crippen LogP contribution in [0.2, 0.25) is 0 Å². The largest absolute Gasteiger partial charge is 0.330 e. The van der Waals surface area contributed by atoms with Crippen molar-refractivity contribution in [3.8, 4) is 0 Å². The van der Waals surface area contributed by atoms with E-state index in [9.17, 15) is 0 Å². The molecule has 0 aromatic rings. The predicted molar refractivity (Wildman–Crippen MR) is 39.1 cm³/mol. The van der Waals surface area contributed by atoms with Crippen LogP contribution in [-0.2, 0) is 0 Å². The summed E-state index contributed by atoms with van der Waals surface area (Å²) < 4.78 is 0. The van der Waals surface area contributed by atoms with Gasteiger partial charge in [0.15, 0.2) is 0 Å². The third-order valence-corrected chi connectivity index (χ3v) is 1.23. The molecule has 0 saturated heterocycles. The van der Waals surface area contributed by atoms with Crippen LogP contribution in [0.5, 0.6) is 0 Å². The van der Waals surface area contributed by atoms with Gasteiger partial charge in [-0.1, -0.05) is 0 Å². The minimum absolute atomic E-state index is 0.625. The highest BCUT2D eigenvalue weighted by molar-refractivity contribution is 6.31. The average molecular weight is 125 g/mol. The number of hydrogen-bond acceptors (Lipinski definition) is 3. The topological polar surface area (TPSA) is 50.7 Å². The summed E-state index contributed by atoms with van der Waals surface area (Å²) in [6, 6.07) is 0. The molecule has 1 aliphatic rings. The van der Waals surface area contributed by atoms with Gasteiger partial charge in [-0.25, -0.2) is 0 Å². The second-order valence-corrected chi connectivity index (χ2v) is 1.99. The first kappa shape index (κ1) is 6.42. The van der Waals surface area contributed by atoms with Crippen molar-refractivity contribution in [3.63, 3.8) is 0 Å². The van der Waals surface area contributed by atoms with Gasteiger partial charge in [-0.2, -0.15) is 0 Å². The first-order valence-corrected chi connectivity index (χ1v) is 3.16. The van der Waals surface area contributed by atoms with Crippen molar-refractivity contribution in [2.24, 2.45) is 15.7 Å². The predicted octanol–water partition coefficient (Wildman–Crippen LogP) is 0.208. The lowest BCUT2D eigenvalue weighted by Crippen LogP contribution is -2.03. The van der Waals surface area contributed by atoms with Gasteiger partial charge in [-0.3, -0.25) is 9.98 Å². The van der Waals surface area contributed by atoms with Crippen LogP contribution in [0.4, 0.5) is 0 Å². The summed E-state index contributed by atoms with van der Waals surface area (Å²) in [6.45, 7) is 1.37. The molecule has 0 saturated carbocycles. The van der Waals surface area contributed by atoms with Crippen molar-refractivity contribution >= 4 is 11.9 Å². The first-order valence-electron chi connectivity index (χ1n) is 3.16. The van der Waals surface area contributed by atoms with Crippen molar-refractivity contribution in [2.75, 3.05) is 13.2 Å². The van der Waals surface area contributed by atoms with Gasteiger partial charge in [-0.15, -0.1) is 0 Å². The second-order valence-electron chi connectivity index (χ2n) is 1.99. The van der Waals surface area contributed by atoms with Crippen LogP contribution in [-0.4, -0.2) is 25.1 Å². The van der Waals surface area contributed by atoms with Gasteiger partial charge in [0.05, 0.1) is 5.71 Å². The van der Waals surface area contributed by atoms with E-state index in [1.165, 1.54) is 0 Å². The zero-order valence-electron chi connectivity index (χ0n) is 5.38. The lowest BCUT2D eigenvalue weighted by atomic mass is 10.2. The van der Waals surface area contributed by atoms with E-state index in [2.05, 4.69) is 9.98 Å². The Balaban J connectivity index is 2.19. The van der Waals surface area contributed by atoms with E-state index in [4.69, 9.17) is 5.73 Å². The highest BCUT2D eigenvalue weighted by Gasteiger charge is 1.97. The lowest BCUT2D eigenvalue weighted by Gasteiger charge is -1.91. The van der Waals surface area contributed by atoms with Gasteiger partial charge in [0.25, 0.3) is 0 Å². The number of nitrogens with zero attached hydrogens (tertiary/aromatic N) is 2. The van der Waals surface area contributed by atoms with Gasteiger partial charge in [-0.05, 0) is 19.4 Å². The Kier molecular flexibility index (Phi) is 2.39. The fraction of sp³-hybridized carbons (Fsp3) is 0.667. The molecule has 50 valence electrons. The third-order valence-electron chi connectivity index (χ3n) is 1.23. The van der Waals surface area contributed by atoms with Crippen LogP contribution < -0.4 is 5.73 Å². The van der Waals surface area contributed by atoms with Crippen molar-refractivity contribution in [1.82, 2.24) is 0 Å². The molecule has 0 aromatic heterocycles. The van der Waals surface area contributed by atoms with Crippen LogP contribution in [0, 0.1) is 0 Å². The monoisotopic (exact) mass is 125 g/mol. The zero-order valence-corrected chi connectivity index (χ0v) is 5.38. The summed E-state index contributed by atoms with van der Waals surface area (Å²) in [7, 11) is 0. The molecule has 0 atom stereocenters. The van der Waals surface area contributed by atoms with E-state index in [1.807, 2.05) is 6.21 Å². The molecule has 0 bridgehead atoms. The molecule has 0 aliphatic carbocycles. The Bertz CT molecular complexity index is 137. The van der Waals surface area contributed by atoms with Gasteiger partial charge in [0.1, 0.15) is 6.67 Å². The summed E-state index contributed by atoms with van der Waals surface area (Å²) in [5.41, 5.74) is 6.40. The van der Waals surface area contributed by atoms with Crippen LogP contribution in [0.15, 0.2) is 9.98 Å². The molecule has 1 heterocycles. The van der Waals surface area contributed by atoms with Crippen LogP contribution in [0.1, 0.15) is 12.8 Å². The third kappa shape index (κ3) is 1.93. The molecule has 0 amide bonds. The normalized spacial score (nSPS) is 16.3. The number of nitrogens with two attached hydrogens (primary N) is 1. The molecular formula is C6H11N3. The van der Waals surface area contributed by atoms with Gasteiger partial charge < -0.3 is 5.73 Å². The maximum atomic E-state index is 5.31. The van der Waals surface area contributed by atoms with E-state index in [0.717, 1.165) is 25.1 Å². The van der Waals surface area contributed by atoms with Crippen molar-refractivity contribution in [1.29, 1.82) is 0 Å². The Hall–Kier alpha value is -0.700. The minimum Gasteiger partial charge on any atom is -0.330 e. The van der Waals surface area contributed by atoms with E-state index in [1.54, 1.807) is 0 Å². The number of rotatable bonds is 3. The maximum Gasteiger partial charge on any atom is 0.129 e. The molecule has 0 fully saturated rings. The molecule has 0 spiro atoms. The quantitative estimate of drug-likeness (QED) is 0.576. The second kappa shape index (κ2) is 3.35. The standard InChI is InChI=1S/C6H11N3/c7-3-1-2-6-4-8-5-9-6/h4H,1-3,5,7H2. The molecule has 0 unspecified atom stereocenters. The average Bonchev–Trinajstić information content (AvgIpc) is 2.34. The summed E-state index contributed by atoms with van der Waals surface area (Å²) >= 11 is 0. The van der Waals surface area contributed by atoms with Crippen LogP contribution in [0.25, 0.3) is 0 Å². The Morgan fingerprint density at radius 2 is 2.56 bits per heavy atom. The van der Waals surface area contributed by atoms with Gasteiger partial charge in [0, 0.05) is 6.21 Å². The van der Waals surface area contributed by atoms with E-state index in [0.29, 0.717) is 6.67 Å². The molecule has 3 nitrogen and oxygen atoms in total. The number of hydrogen-bond donors (Lipinski definition) is 1. The summed E-state index contributed by atoms with van der Waals surface area (Å²) in [4.78, 5) is 8.06. The van der Waals surface area contributed by atoms with E-state index < -0.39 is 0 Å². The van der Waals surface area contributed by atoms with Crippen LogP contribution in [0.3, 0.4) is 0 Å². The fourth-order valence-electron chi connectivity index (χ4n) is 0.745. The summed E-state index contributed by atoms with van der Waals surface area (Å²) in [5, 5.41) is 0. The highest BCUT2D eigenvalue weighted by Crippen LogP contribution is 1.94. The van der Waals surface area contributed by atoms with Crippen molar-refractivity contribution in [3.05, 3.63) is 0 Å². The van der Waals surface area contributed by atoms with Gasteiger partial charge >= 0.3 is 0 Å². The maximum absolute atomic E-state index is 5.31. The summed E-state index contributed by atoms with van der Waals surface area (Å²) in [6.07, 6.45) is 3.83. The first-order chi connectivity index (χ1) is 4.43. The minimum atomic E-state index is 0.625. The molecule has 9 heavy (non-hydrogen) atoms. The molecule has 0 aromatic carbocycles. The Morgan fingerprint density at radius 3 is 3.11 bits per heavy atom. The zero-order chi connectivity index (χ0) is 6.53. The smallest absolute Gasteiger partial charge is 0.129 e. The van der Waals surface area contributed by atoms with E-state index in [-0.39, 0.29) is 0 Å². The lowest BCUT2D eigenvalue weighted by molar-refractivity contribution is 0.880. The molecule has 2 N–H and O–H groups in total. The molecule has 0 radical (unpaired) electrons. The van der Waals surface area contributed by atoms with Crippen molar-refractivity contribution < 1.29 is 0 Å². The molecular weight excluding hydrogens is 114 g/mol. The van der Waals surface area contributed by atoms with Crippen molar-refractivity contribution in [2.45, 2.75) is 12.8 Å². The highest BCUT2D eigenvalue weighted by atomic mass is 15.0. The van der Waals surface area contributed by atoms with Crippen LogP contribution >= 0.6 is 0 Å². The Morgan fingerprint density at radius 1 is 1.67 bits per heavy atom. The summed E-state index contributed by atoms with van der Waals surface area (Å²) in [5.74, 6) is 0. The number of aliphatic imine (C=N–C) groups is 2. The molecule has 1 rings (SSSR count).